The van der Waals surface area contributed by atoms with Crippen molar-refractivity contribution in [1.29, 1.82) is 0 Å². The number of nitrogens with zero attached hydrogens (tertiary/aromatic N) is 1. The first-order valence-electron chi connectivity index (χ1n) is 4.35. The van der Waals surface area contributed by atoms with E-state index >= 15 is 0 Å². The fourth-order valence-corrected chi connectivity index (χ4v) is 1.65. The Morgan fingerprint density at radius 3 is 2.57 bits per heavy atom. The highest BCUT2D eigenvalue weighted by Crippen LogP contribution is 2.23. The number of carbonyl (C=O) groups excluding carboxylic acids is 1. The van der Waals surface area contributed by atoms with Gasteiger partial charge in [0, 0.05) is 11.0 Å². The molecule has 0 N–H and O–H groups in total. The van der Waals surface area contributed by atoms with Crippen LogP contribution in [-0.2, 0) is 11.3 Å². The predicted octanol–water partition coefficient (Wildman–Crippen LogP) is 2.48. The molecule has 0 aromatic heterocycles. The number of amides is 1. The highest BCUT2D eigenvalue weighted by atomic mass is 79.9. The quantitative estimate of drug-likeness (QED) is 0.589. The van der Waals surface area contributed by atoms with Crippen LogP contribution in [0.15, 0.2) is 28.7 Å². The summed E-state index contributed by atoms with van der Waals surface area (Å²) in [6.45, 7) is 0.368. The summed E-state index contributed by atoms with van der Waals surface area (Å²) in [7, 11) is 0. The summed E-state index contributed by atoms with van der Waals surface area (Å²) in [6.07, 6.45) is -1.05. The Labute approximate surface area is 89.8 Å². The summed E-state index contributed by atoms with van der Waals surface area (Å²) < 4.78 is 13.9. The molecule has 1 aliphatic heterocycles. The van der Waals surface area contributed by atoms with Gasteiger partial charge in [0.25, 0.3) is 0 Å². The van der Waals surface area contributed by atoms with E-state index in [1.165, 1.54) is 4.90 Å². The Hall–Kier alpha value is -0.900. The second-order valence-electron chi connectivity index (χ2n) is 3.29. The van der Waals surface area contributed by atoms with Gasteiger partial charge in [0.15, 0.2) is 6.30 Å². The summed E-state index contributed by atoms with van der Waals surface area (Å²) >= 11 is 3.31. The van der Waals surface area contributed by atoms with Crippen LogP contribution in [0.5, 0.6) is 0 Å². The first-order valence-corrected chi connectivity index (χ1v) is 5.14. The molecule has 2 nitrogen and oxygen atoms in total. The highest BCUT2D eigenvalue weighted by molar-refractivity contribution is 9.10. The van der Waals surface area contributed by atoms with Crippen LogP contribution < -0.4 is 0 Å². The van der Waals surface area contributed by atoms with Gasteiger partial charge in [-0.15, -0.1) is 0 Å². The molecule has 1 amide bonds. The van der Waals surface area contributed by atoms with Gasteiger partial charge in [-0.2, -0.15) is 0 Å². The number of alkyl halides is 1. The minimum atomic E-state index is -1.09. The Kier molecular flexibility index (Phi) is 2.54. The van der Waals surface area contributed by atoms with Crippen LogP contribution in [-0.4, -0.2) is 17.1 Å². The molecule has 0 spiro atoms. The number of hydrogen-bond acceptors (Lipinski definition) is 1. The molecule has 2 rings (SSSR count). The van der Waals surface area contributed by atoms with Crippen LogP contribution in [0.3, 0.4) is 0 Å². The number of hydrogen-bond donors (Lipinski definition) is 0. The molecule has 1 saturated heterocycles. The van der Waals surface area contributed by atoms with Crippen molar-refractivity contribution in [2.45, 2.75) is 19.3 Å². The van der Waals surface area contributed by atoms with E-state index in [0.717, 1.165) is 10.0 Å². The van der Waals surface area contributed by atoms with Crippen molar-refractivity contribution in [3.8, 4) is 0 Å². The molecular formula is C10H9BrFNO. The summed E-state index contributed by atoms with van der Waals surface area (Å²) in [5.74, 6) is -0.111. The zero-order valence-corrected chi connectivity index (χ0v) is 9.00. The zero-order chi connectivity index (χ0) is 10.1. The summed E-state index contributed by atoms with van der Waals surface area (Å²) in [6, 6.07) is 7.52. The maximum absolute atomic E-state index is 12.9. The van der Waals surface area contributed by atoms with Crippen LogP contribution in [0.2, 0.25) is 0 Å². The standard InChI is InChI=1S/C10H9BrFNO/c11-8-3-1-7(2-4-8)6-13-9(12)5-10(13)14/h1-4,9H,5-6H2. The number of halogens is 2. The van der Waals surface area contributed by atoms with Gasteiger partial charge in [0.05, 0.1) is 6.42 Å². The molecule has 1 atom stereocenters. The monoisotopic (exact) mass is 257 g/mol. The zero-order valence-electron chi connectivity index (χ0n) is 7.41. The van der Waals surface area contributed by atoms with Crippen LogP contribution in [0.4, 0.5) is 4.39 Å². The highest BCUT2D eigenvalue weighted by Gasteiger charge is 2.35. The molecular weight excluding hydrogens is 249 g/mol. The molecule has 4 heteroatoms. The lowest BCUT2D eigenvalue weighted by molar-refractivity contribution is -0.156. The Morgan fingerprint density at radius 2 is 2.07 bits per heavy atom. The molecule has 1 heterocycles. The van der Waals surface area contributed by atoms with E-state index < -0.39 is 6.30 Å². The fourth-order valence-electron chi connectivity index (χ4n) is 1.39. The maximum Gasteiger partial charge on any atom is 0.230 e. The van der Waals surface area contributed by atoms with Gasteiger partial charge in [-0.25, -0.2) is 4.39 Å². The van der Waals surface area contributed by atoms with Gasteiger partial charge >= 0.3 is 0 Å². The third-order valence-corrected chi connectivity index (χ3v) is 2.80. The molecule has 1 fully saturated rings. The van der Waals surface area contributed by atoms with Gasteiger partial charge < -0.3 is 4.90 Å². The third-order valence-electron chi connectivity index (χ3n) is 2.27. The number of rotatable bonds is 2. The van der Waals surface area contributed by atoms with E-state index in [-0.39, 0.29) is 12.3 Å². The van der Waals surface area contributed by atoms with Gasteiger partial charge in [-0.1, -0.05) is 28.1 Å². The van der Waals surface area contributed by atoms with Crippen molar-refractivity contribution >= 4 is 21.8 Å². The Morgan fingerprint density at radius 1 is 1.43 bits per heavy atom. The summed E-state index contributed by atoms with van der Waals surface area (Å²) in [5.41, 5.74) is 0.948. The summed E-state index contributed by atoms with van der Waals surface area (Å²) in [4.78, 5) is 12.2. The van der Waals surface area contributed by atoms with Crippen LogP contribution in [0.25, 0.3) is 0 Å². The van der Waals surface area contributed by atoms with E-state index in [2.05, 4.69) is 15.9 Å². The normalized spacial score (nSPS) is 20.9. The van der Waals surface area contributed by atoms with E-state index in [4.69, 9.17) is 0 Å². The lowest BCUT2D eigenvalue weighted by Crippen LogP contribution is -2.49. The van der Waals surface area contributed by atoms with E-state index in [1.54, 1.807) is 0 Å². The van der Waals surface area contributed by atoms with Crippen molar-refractivity contribution in [3.05, 3.63) is 34.3 Å². The van der Waals surface area contributed by atoms with Gasteiger partial charge in [0.1, 0.15) is 0 Å². The summed E-state index contributed by atoms with van der Waals surface area (Å²) in [5, 5.41) is 0. The minimum absolute atomic E-state index is 0.0382. The number of benzene rings is 1. The van der Waals surface area contributed by atoms with Gasteiger partial charge in [-0.3, -0.25) is 4.79 Å². The van der Waals surface area contributed by atoms with Crippen LogP contribution in [0.1, 0.15) is 12.0 Å². The first kappa shape index (κ1) is 9.65. The first-order chi connectivity index (χ1) is 6.66. The molecule has 74 valence electrons. The van der Waals surface area contributed by atoms with Gasteiger partial charge in [0.2, 0.25) is 5.91 Å². The Balaban J connectivity index is 2.04. The smallest absolute Gasteiger partial charge is 0.230 e. The average Bonchev–Trinajstić information content (AvgIpc) is 2.17. The lowest BCUT2D eigenvalue weighted by atomic mass is 10.1. The molecule has 1 unspecified atom stereocenters. The molecule has 0 aliphatic carbocycles. The second kappa shape index (κ2) is 3.69. The van der Waals surface area contributed by atoms with Crippen molar-refractivity contribution in [1.82, 2.24) is 4.90 Å². The molecule has 0 bridgehead atoms. The van der Waals surface area contributed by atoms with Crippen LogP contribution >= 0.6 is 15.9 Å². The largest absolute Gasteiger partial charge is 0.308 e. The second-order valence-corrected chi connectivity index (χ2v) is 4.20. The van der Waals surface area contributed by atoms with Crippen molar-refractivity contribution in [3.63, 3.8) is 0 Å². The van der Waals surface area contributed by atoms with Crippen LogP contribution in [0, 0.1) is 0 Å². The van der Waals surface area contributed by atoms with Crippen molar-refractivity contribution in [2.75, 3.05) is 0 Å². The lowest BCUT2D eigenvalue weighted by Gasteiger charge is -2.34. The molecule has 1 aliphatic rings. The Bertz CT molecular complexity index is 352. The van der Waals surface area contributed by atoms with E-state index in [0.29, 0.717) is 6.54 Å². The molecule has 14 heavy (non-hydrogen) atoms. The van der Waals surface area contributed by atoms with E-state index in [1.807, 2.05) is 24.3 Å². The molecule has 1 aromatic rings. The number of β-lactam (4-membered cyclic amide) rings is 1. The topological polar surface area (TPSA) is 20.3 Å². The molecule has 1 aromatic carbocycles. The number of carbonyl (C=O) groups is 1. The predicted molar refractivity (Wildman–Crippen MR) is 54.2 cm³/mol. The SMILES string of the molecule is O=C1CC(F)N1Cc1ccc(Br)cc1. The molecule has 0 radical (unpaired) electrons. The number of likely N-dealkylation sites (tertiary alicyclic amines) is 1. The van der Waals surface area contributed by atoms with Gasteiger partial charge in [-0.05, 0) is 17.7 Å². The third kappa shape index (κ3) is 1.80. The van der Waals surface area contributed by atoms with E-state index in [9.17, 15) is 9.18 Å². The minimum Gasteiger partial charge on any atom is -0.308 e. The molecule has 0 saturated carbocycles. The van der Waals surface area contributed by atoms with Crippen molar-refractivity contribution in [2.24, 2.45) is 0 Å². The fraction of sp³-hybridized carbons (Fsp3) is 0.300. The maximum atomic E-state index is 12.9. The van der Waals surface area contributed by atoms with Crippen molar-refractivity contribution < 1.29 is 9.18 Å². The average molecular weight is 258 g/mol.